The van der Waals surface area contributed by atoms with Gasteiger partial charge in [0.2, 0.25) is 0 Å². The summed E-state index contributed by atoms with van der Waals surface area (Å²) in [6.45, 7) is 18.0. The molecule has 0 radical (unpaired) electrons. The van der Waals surface area contributed by atoms with Crippen LogP contribution in [-0.4, -0.2) is 47.0 Å². The fraction of sp³-hybridized carbons (Fsp3) is 0.676. The molecule has 0 aromatic heterocycles. The van der Waals surface area contributed by atoms with Gasteiger partial charge < -0.3 is 23.4 Å². The number of hydrogen-bond acceptors (Lipinski definition) is 6. The van der Waals surface area contributed by atoms with Gasteiger partial charge in [0.15, 0.2) is 21.2 Å². The number of unbranched alkanes of at least 4 members (excludes halogenated alkanes) is 2. The van der Waals surface area contributed by atoms with Gasteiger partial charge >= 0.3 is 5.97 Å². The fourth-order valence-corrected chi connectivity index (χ4v) is 5.63. The van der Waals surface area contributed by atoms with Gasteiger partial charge in [-0.05, 0) is 68.3 Å². The molecule has 41 heavy (non-hydrogen) atoms. The molecule has 3 atom stereocenters. The molecule has 0 saturated carbocycles. The van der Waals surface area contributed by atoms with E-state index in [0.29, 0.717) is 12.2 Å². The van der Waals surface area contributed by atoms with Crippen LogP contribution in [0.5, 0.6) is 5.75 Å². The molecule has 1 aliphatic heterocycles. The number of ether oxygens (including phenoxy) is 4. The average molecular weight is 587 g/mol. The summed E-state index contributed by atoms with van der Waals surface area (Å²) in [4.78, 5) is 11.8. The Morgan fingerprint density at radius 1 is 1.22 bits per heavy atom. The SMILES string of the molecule is C=CCc1c(OCC(=O)OC)cccc1[C@H](C#CCC[C@H](CCCCC)OC1CCCCO1)O[Si](C)(C)C(C)(C)C. The number of carbonyl (C=O) groups is 1. The first-order valence-corrected chi connectivity index (χ1v) is 18.3. The average Bonchev–Trinajstić information content (AvgIpc) is 2.93. The lowest BCUT2D eigenvalue weighted by molar-refractivity contribution is -0.190. The highest BCUT2D eigenvalue weighted by atomic mass is 28.4. The third kappa shape index (κ3) is 12.0. The van der Waals surface area contributed by atoms with Crippen molar-refractivity contribution >= 4 is 14.3 Å². The molecule has 1 fully saturated rings. The van der Waals surface area contributed by atoms with E-state index in [1.54, 1.807) is 0 Å². The topological polar surface area (TPSA) is 63.2 Å². The predicted molar refractivity (Wildman–Crippen MR) is 168 cm³/mol. The van der Waals surface area contributed by atoms with Crippen molar-refractivity contribution in [3.8, 4) is 17.6 Å². The molecular formula is C34H54O6Si. The summed E-state index contributed by atoms with van der Waals surface area (Å²) in [5.41, 5.74) is 1.88. The van der Waals surface area contributed by atoms with Crippen LogP contribution in [0.15, 0.2) is 30.9 Å². The molecule has 6 nitrogen and oxygen atoms in total. The Hall–Kier alpha value is -2.11. The highest BCUT2D eigenvalue weighted by molar-refractivity contribution is 6.74. The van der Waals surface area contributed by atoms with Crippen molar-refractivity contribution in [1.82, 2.24) is 0 Å². The molecule has 1 heterocycles. The van der Waals surface area contributed by atoms with Crippen molar-refractivity contribution in [3.05, 3.63) is 42.0 Å². The number of allylic oxidation sites excluding steroid dienone is 1. The summed E-state index contributed by atoms with van der Waals surface area (Å²) in [5.74, 6) is 7.13. The zero-order chi connectivity index (χ0) is 30.3. The number of rotatable bonds is 16. The van der Waals surface area contributed by atoms with Crippen molar-refractivity contribution in [2.24, 2.45) is 0 Å². The Kier molecular flexibility index (Phi) is 15.2. The third-order valence-corrected chi connectivity index (χ3v) is 12.5. The molecule has 1 aliphatic rings. The molecule has 0 spiro atoms. The van der Waals surface area contributed by atoms with Gasteiger partial charge in [-0.3, -0.25) is 0 Å². The first kappa shape index (κ1) is 35.1. The van der Waals surface area contributed by atoms with Crippen molar-refractivity contribution < 1.29 is 28.2 Å². The van der Waals surface area contributed by atoms with Crippen molar-refractivity contribution in [2.75, 3.05) is 20.3 Å². The molecule has 0 amide bonds. The van der Waals surface area contributed by atoms with Crippen molar-refractivity contribution in [2.45, 2.75) is 129 Å². The number of esters is 1. The third-order valence-electron chi connectivity index (χ3n) is 8.03. The zero-order valence-electron chi connectivity index (χ0n) is 26.7. The summed E-state index contributed by atoms with van der Waals surface area (Å²) in [5, 5.41) is 0.0166. The normalized spacial score (nSPS) is 17.2. The van der Waals surface area contributed by atoms with Crippen LogP contribution in [0.3, 0.4) is 0 Å². The summed E-state index contributed by atoms with van der Waals surface area (Å²) >= 11 is 0. The smallest absolute Gasteiger partial charge is 0.343 e. The van der Waals surface area contributed by atoms with Crippen LogP contribution in [-0.2, 0) is 29.9 Å². The molecule has 0 bridgehead atoms. The van der Waals surface area contributed by atoms with Gasteiger partial charge in [-0.1, -0.05) is 71.1 Å². The maximum absolute atomic E-state index is 11.8. The number of methoxy groups -OCH3 is 1. The molecule has 1 aromatic carbocycles. The maximum Gasteiger partial charge on any atom is 0.343 e. The first-order chi connectivity index (χ1) is 19.5. The lowest BCUT2D eigenvalue weighted by Gasteiger charge is -2.38. The molecule has 7 heteroatoms. The Balaban J connectivity index is 2.31. The highest BCUT2D eigenvalue weighted by Gasteiger charge is 2.39. The minimum Gasteiger partial charge on any atom is -0.482 e. The van der Waals surface area contributed by atoms with Crippen LogP contribution < -0.4 is 4.74 Å². The Morgan fingerprint density at radius 3 is 2.63 bits per heavy atom. The van der Waals surface area contributed by atoms with E-state index >= 15 is 0 Å². The summed E-state index contributed by atoms with van der Waals surface area (Å²) < 4.78 is 29.8. The van der Waals surface area contributed by atoms with Crippen LogP contribution in [0.25, 0.3) is 0 Å². The second-order valence-electron chi connectivity index (χ2n) is 12.3. The Morgan fingerprint density at radius 2 is 2.00 bits per heavy atom. The van der Waals surface area contributed by atoms with Gasteiger partial charge in [0.05, 0.1) is 13.2 Å². The minimum absolute atomic E-state index is 0.0166. The molecule has 0 N–H and O–H groups in total. The van der Waals surface area contributed by atoms with Crippen molar-refractivity contribution in [1.29, 1.82) is 0 Å². The van der Waals surface area contributed by atoms with Gasteiger partial charge in [-0.2, -0.15) is 0 Å². The van der Waals surface area contributed by atoms with E-state index in [-0.39, 0.29) is 24.0 Å². The van der Waals surface area contributed by atoms with E-state index in [0.717, 1.165) is 62.7 Å². The van der Waals surface area contributed by atoms with E-state index in [1.165, 1.54) is 20.0 Å². The van der Waals surface area contributed by atoms with Crippen LogP contribution in [0.1, 0.15) is 103 Å². The summed E-state index contributed by atoms with van der Waals surface area (Å²) in [6.07, 6.45) is 11.5. The molecular weight excluding hydrogens is 532 g/mol. The summed E-state index contributed by atoms with van der Waals surface area (Å²) in [6, 6.07) is 5.85. The summed E-state index contributed by atoms with van der Waals surface area (Å²) in [7, 11) is -0.820. The number of carbonyl (C=O) groups excluding carboxylic acids is 1. The van der Waals surface area contributed by atoms with Crippen LogP contribution in [0.4, 0.5) is 0 Å². The van der Waals surface area contributed by atoms with Crippen molar-refractivity contribution in [3.63, 3.8) is 0 Å². The predicted octanol–water partition coefficient (Wildman–Crippen LogP) is 8.31. The van der Waals surface area contributed by atoms with Gasteiger partial charge in [0, 0.05) is 18.6 Å². The number of benzene rings is 1. The van der Waals surface area contributed by atoms with Gasteiger partial charge in [-0.15, -0.1) is 12.5 Å². The number of hydrogen-bond donors (Lipinski definition) is 0. The Bertz CT molecular complexity index is 997. The minimum atomic E-state index is -2.17. The van der Waals surface area contributed by atoms with Crippen LogP contribution in [0.2, 0.25) is 18.1 Å². The fourth-order valence-electron chi connectivity index (χ4n) is 4.50. The van der Waals surface area contributed by atoms with E-state index in [1.807, 2.05) is 24.3 Å². The van der Waals surface area contributed by atoms with Gasteiger partial charge in [0.1, 0.15) is 11.9 Å². The van der Waals surface area contributed by atoms with Gasteiger partial charge in [0.25, 0.3) is 0 Å². The molecule has 1 saturated heterocycles. The quantitative estimate of drug-likeness (QED) is 0.0638. The van der Waals surface area contributed by atoms with Crippen LogP contribution >= 0.6 is 0 Å². The molecule has 0 aliphatic carbocycles. The first-order valence-electron chi connectivity index (χ1n) is 15.4. The lowest BCUT2D eigenvalue weighted by atomic mass is 9.98. The van der Waals surface area contributed by atoms with E-state index in [2.05, 4.69) is 59.2 Å². The molecule has 2 rings (SSSR count). The van der Waals surface area contributed by atoms with E-state index in [4.69, 9.17) is 23.4 Å². The molecule has 1 aromatic rings. The van der Waals surface area contributed by atoms with E-state index < -0.39 is 20.4 Å². The molecule has 230 valence electrons. The highest BCUT2D eigenvalue weighted by Crippen LogP contribution is 2.41. The standard InChI is InChI=1S/C34H54O6Si/c1-9-11-12-19-27(39-33-24-15-16-25-37-33)20-13-14-22-31(40-41(7,8)34(3,4)5)29-21-17-23-30(28(29)18-10-2)38-26-32(35)36-6/h10,17,21,23,27,31,33H,2,9,11-13,15-16,18-20,24-26H2,1,3-8H3/t27-,31-,33?/m0/s1. The van der Waals surface area contributed by atoms with E-state index in [9.17, 15) is 4.79 Å². The largest absolute Gasteiger partial charge is 0.482 e. The maximum atomic E-state index is 11.8. The second-order valence-corrected chi connectivity index (χ2v) is 17.1. The monoisotopic (exact) mass is 586 g/mol. The zero-order valence-corrected chi connectivity index (χ0v) is 27.7. The lowest BCUT2D eigenvalue weighted by Crippen LogP contribution is -2.41. The second kappa shape index (κ2) is 17.8. The molecule has 1 unspecified atom stereocenters. The van der Waals surface area contributed by atoms with Crippen LogP contribution in [0, 0.1) is 11.8 Å². The van der Waals surface area contributed by atoms with Gasteiger partial charge in [-0.25, -0.2) is 4.79 Å². The Labute approximate surface area is 250 Å².